The van der Waals surface area contributed by atoms with Crippen LogP contribution in [-0.4, -0.2) is 11.6 Å². The highest BCUT2D eigenvalue weighted by atomic mass is 79.9. The minimum absolute atomic E-state index is 0.00771. The van der Waals surface area contributed by atoms with Gasteiger partial charge in [0.1, 0.15) is 11.5 Å². The monoisotopic (exact) mass is 412 g/mol. The first kappa shape index (κ1) is 17.3. The largest absolute Gasteiger partial charge is 0.492 e. The maximum atomic E-state index is 5.94. The van der Waals surface area contributed by atoms with Crippen LogP contribution in [0.1, 0.15) is 31.4 Å². The molecule has 2 aromatic carbocycles. The normalized spacial score (nSPS) is 15.0. The molecule has 0 aliphatic heterocycles. The Morgan fingerprint density at radius 3 is 2.73 bits per heavy atom. The van der Waals surface area contributed by atoms with Crippen molar-refractivity contribution in [3.05, 3.63) is 58.6 Å². The zero-order chi connectivity index (χ0) is 18.1. The number of nitrogens with two attached hydrogens (primary N) is 1. The average molecular weight is 413 g/mol. The quantitative estimate of drug-likeness (QED) is 0.572. The van der Waals surface area contributed by atoms with Crippen LogP contribution in [0, 0.1) is 5.92 Å². The first-order valence-electron chi connectivity index (χ1n) is 8.85. The molecule has 0 amide bonds. The molecule has 26 heavy (non-hydrogen) atoms. The summed E-state index contributed by atoms with van der Waals surface area (Å²) in [4.78, 5) is 4.58. The highest BCUT2D eigenvalue weighted by molar-refractivity contribution is 9.10. The minimum Gasteiger partial charge on any atom is -0.492 e. The van der Waals surface area contributed by atoms with Crippen LogP contribution in [0.2, 0.25) is 0 Å². The molecule has 0 spiro atoms. The van der Waals surface area contributed by atoms with E-state index in [1.54, 1.807) is 0 Å². The smallest absolute Gasteiger partial charge is 0.219 e. The number of pyridine rings is 1. The maximum Gasteiger partial charge on any atom is 0.219 e. The van der Waals surface area contributed by atoms with Gasteiger partial charge in [0.2, 0.25) is 5.88 Å². The molecule has 1 aromatic heterocycles. The summed E-state index contributed by atoms with van der Waals surface area (Å²) >= 11 is 3.56. The number of benzene rings is 2. The highest BCUT2D eigenvalue weighted by Gasteiger charge is 2.22. The summed E-state index contributed by atoms with van der Waals surface area (Å²) in [5.41, 5.74) is 7.93. The van der Waals surface area contributed by atoms with Crippen molar-refractivity contribution >= 4 is 26.8 Å². The number of fused-ring (bicyclic) bond motifs is 1. The molecule has 0 bridgehead atoms. The van der Waals surface area contributed by atoms with Crippen molar-refractivity contribution in [3.8, 4) is 17.4 Å². The van der Waals surface area contributed by atoms with Gasteiger partial charge in [0.05, 0.1) is 16.6 Å². The van der Waals surface area contributed by atoms with Crippen LogP contribution in [0.15, 0.2) is 53.0 Å². The Morgan fingerprint density at radius 1 is 1.15 bits per heavy atom. The molecule has 1 unspecified atom stereocenters. The summed E-state index contributed by atoms with van der Waals surface area (Å²) < 4.78 is 12.6. The van der Waals surface area contributed by atoms with Gasteiger partial charge in [-0.2, -0.15) is 0 Å². The molecule has 1 saturated carbocycles. The summed E-state index contributed by atoms with van der Waals surface area (Å²) in [5, 5.41) is 1.05. The van der Waals surface area contributed by atoms with Gasteiger partial charge in [-0.05, 0) is 83.6 Å². The molecule has 1 heterocycles. The fourth-order valence-electron chi connectivity index (χ4n) is 2.74. The number of aromatic nitrogens is 1. The number of ether oxygens (including phenoxy) is 2. The third kappa shape index (κ3) is 4.00. The first-order chi connectivity index (χ1) is 12.6. The molecule has 1 atom stereocenters. The molecule has 5 heteroatoms. The summed E-state index contributed by atoms with van der Waals surface area (Å²) in [6.07, 6.45) is 2.55. The SMILES string of the molecule is CC(N)c1ccc2nc(Oc3ccc(OCC4CC4)c(Br)c3)ccc2c1. The number of nitrogens with zero attached hydrogens (tertiary/aromatic N) is 1. The lowest BCUT2D eigenvalue weighted by molar-refractivity contribution is 0.297. The number of hydrogen-bond acceptors (Lipinski definition) is 4. The van der Waals surface area contributed by atoms with E-state index < -0.39 is 0 Å². The van der Waals surface area contributed by atoms with Crippen LogP contribution in [0.3, 0.4) is 0 Å². The van der Waals surface area contributed by atoms with Gasteiger partial charge in [0, 0.05) is 17.5 Å². The van der Waals surface area contributed by atoms with E-state index in [9.17, 15) is 0 Å². The van der Waals surface area contributed by atoms with E-state index in [0.717, 1.165) is 45.0 Å². The van der Waals surface area contributed by atoms with Crippen molar-refractivity contribution in [1.82, 2.24) is 4.98 Å². The van der Waals surface area contributed by atoms with Gasteiger partial charge in [-0.1, -0.05) is 6.07 Å². The maximum absolute atomic E-state index is 5.94. The van der Waals surface area contributed by atoms with E-state index in [1.165, 1.54) is 12.8 Å². The van der Waals surface area contributed by atoms with Crippen LogP contribution < -0.4 is 15.2 Å². The number of hydrogen-bond donors (Lipinski definition) is 1. The lowest BCUT2D eigenvalue weighted by Gasteiger charge is -2.11. The molecule has 4 rings (SSSR count). The minimum atomic E-state index is 0.00771. The van der Waals surface area contributed by atoms with Crippen molar-refractivity contribution in [1.29, 1.82) is 0 Å². The Bertz CT molecular complexity index is 938. The van der Waals surface area contributed by atoms with Crippen molar-refractivity contribution in [2.24, 2.45) is 11.7 Å². The summed E-state index contributed by atoms with van der Waals surface area (Å²) in [5.74, 6) is 2.85. The molecule has 4 nitrogen and oxygen atoms in total. The predicted octanol–water partition coefficient (Wildman–Crippen LogP) is 5.60. The van der Waals surface area contributed by atoms with Gasteiger partial charge in [0.15, 0.2) is 0 Å². The summed E-state index contributed by atoms with van der Waals surface area (Å²) in [6, 6.07) is 15.7. The Hall–Kier alpha value is -2.11. The molecular weight excluding hydrogens is 392 g/mol. The zero-order valence-corrected chi connectivity index (χ0v) is 16.2. The first-order valence-corrected chi connectivity index (χ1v) is 9.64. The van der Waals surface area contributed by atoms with Gasteiger partial charge in [-0.15, -0.1) is 0 Å². The highest BCUT2D eigenvalue weighted by Crippen LogP contribution is 2.34. The van der Waals surface area contributed by atoms with Crippen LogP contribution in [0.25, 0.3) is 10.9 Å². The Kier molecular flexibility index (Phi) is 4.83. The van der Waals surface area contributed by atoms with Crippen molar-refractivity contribution in [2.75, 3.05) is 6.61 Å². The van der Waals surface area contributed by atoms with Gasteiger partial charge in [-0.25, -0.2) is 4.98 Å². The Balaban J connectivity index is 1.50. The van der Waals surface area contributed by atoms with E-state index in [4.69, 9.17) is 15.2 Å². The molecule has 0 saturated heterocycles. The van der Waals surface area contributed by atoms with Gasteiger partial charge < -0.3 is 15.2 Å². The second-order valence-electron chi connectivity index (χ2n) is 6.84. The molecule has 1 aliphatic carbocycles. The topological polar surface area (TPSA) is 57.4 Å². The molecular formula is C21H21BrN2O2. The van der Waals surface area contributed by atoms with E-state index in [0.29, 0.717) is 5.88 Å². The number of halogens is 1. The zero-order valence-electron chi connectivity index (χ0n) is 14.6. The molecule has 134 valence electrons. The Labute approximate surface area is 161 Å². The molecule has 0 radical (unpaired) electrons. The predicted molar refractivity (Wildman–Crippen MR) is 107 cm³/mol. The molecule has 3 aromatic rings. The van der Waals surface area contributed by atoms with Crippen molar-refractivity contribution in [2.45, 2.75) is 25.8 Å². The summed E-state index contributed by atoms with van der Waals surface area (Å²) in [7, 11) is 0. The second kappa shape index (κ2) is 7.25. The van der Waals surface area contributed by atoms with Gasteiger partial charge in [0.25, 0.3) is 0 Å². The van der Waals surface area contributed by atoms with Crippen LogP contribution >= 0.6 is 15.9 Å². The summed E-state index contributed by atoms with van der Waals surface area (Å²) in [6.45, 7) is 2.76. The fourth-order valence-corrected chi connectivity index (χ4v) is 3.21. The molecule has 2 N–H and O–H groups in total. The second-order valence-corrected chi connectivity index (χ2v) is 7.69. The van der Waals surface area contributed by atoms with E-state index in [-0.39, 0.29) is 6.04 Å². The van der Waals surface area contributed by atoms with Gasteiger partial charge in [-0.3, -0.25) is 0 Å². The van der Waals surface area contributed by atoms with Crippen molar-refractivity contribution in [3.63, 3.8) is 0 Å². The van der Waals surface area contributed by atoms with Crippen LogP contribution in [-0.2, 0) is 0 Å². The van der Waals surface area contributed by atoms with Crippen LogP contribution in [0.5, 0.6) is 17.4 Å². The average Bonchev–Trinajstić information content (AvgIpc) is 3.45. The Morgan fingerprint density at radius 2 is 2.00 bits per heavy atom. The van der Waals surface area contributed by atoms with Gasteiger partial charge >= 0.3 is 0 Å². The van der Waals surface area contributed by atoms with Crippen molar-refractivity contribution < 1.29 is 9.47 Å². The molecule has 1 fully saturated rings. The standard InChI is InChI=1S/C21H21BrN2O2/c1-13(23)15-4-7-19-16(10-15)5-9-21(24-19)26-17-6-8-20(18(22)11-17)25-12-14-2-3-14/h4-11,13-14H,2-3,12,23H2,1H3. The third-order valence-electron chi connectivity index (χ3n) is 4.51. The van der Waals surface area contributed by atoms with E-state index in [1.807, 2.05) is 49.4 Å². The third-order valence-corrected chi connectivity index (χ3v) is 5.13. The number of rotatable bonds is 6. The fraction of sp³-hybridized carbons (Fsp3) is 0.286. The van der Waals surface area contributed by atoms with Crippen LogP contribution in [0.4, 0.5) is 0 Å². The lowest BCUT2D eigenvalue weighted by atomic mass is 10.1. The molecule has 1 aliphatic rings. The van der Waals surface area contributed by atoms with E-state index in [2.05, 4.69) is 27.0 Å². The lowest BCUT2D eigenvalue weighted by Crippen LogP contribution is -2.04. The van der Waals surface area contributed by atoms with E-state index >= 15 is 0 Å².